The Bertz CT molecular complexity index is 1190. The third-order valence-electron chi connectivity index (χ3n) is 5.35. The first kappa shape index (κ1) is 20.5. The van der Waals surface area contributed by atoms with Crippen molar-refractivity contribution in [2.45, 2.75) is 26.3 Å². The van der Waals surface area contributed by atoms with E-state index in [4.69, 9.17) is 9.47 Å². The predicted molar refractivity (Wildman–Crippen MR) is 122 cm³/mol. The molecule has 0 aliphatic carbocycles. The molecule has 0 aliphatic heterocycles. The number of anilines is 1. The summed E-state index contributed by atoms with van der Waals surface area (Å²) in [5.74, 6) is 2.07. The van der Waals surface area contributed by atoms with Crippen LogP contribution in [0.5, 0.6) is 11.5 Å². The largest absolute Gasteiger partial charge is 0.497 e. The summed E-state index contributed by atoms with van der Waals surface area (Å²) < 4.78 is 12.7. The molecule has 0 aliphatic rings. The highest BCUT2D eigenvalue weighted by Gasteiger charge is 2.14. The first-order valence-corrected chi connectivity index (χ1v) is 10.3. The van der Waals surface area contributed by atoms with E-state index >= 15 is 0 Å². The van der Waals surface area contributed by atoms with Gasteiger partial charge in [-0.25, -0.2) is 0 Å². The van der Waals surface area contributed by atoms with Crippen LogP contribution in [0.25, 0.3) is 22.3 Å². The number of amides is 1. The smallest absolute Gasteiger partial charge is 0.225 e. The van der Waals surface area contributed by atoms with Crippen LogP contribution in [0.4, 0.5) is 5.82 Å². The van der Waals surface area contributed by atoms with Crippen molar-refractivity contribution < 1.29 is 14.3 Å². The molecule has 0 saturated heterocycles. The number of nitrogens with one attached hydrogen (secondary N) is 2. The Balaban J connectivity index is 1.45. The van der Waals surface area contributed by atoms with E-state index in [1.165, 1.54) is 0 Å². The molecule has 0 atom stereocenters. The summed E-state index contributed by atoms with van der Waals surface area (Å²) in [6.07, 6.45) is 1.03. The maximum absolute atomic E-state index is 12.4. The van der Waals surface area contributed by atoms with E-state index in [-0.39, 0.29) is 5.91 Å². The van der Waals surface area contributed by atoms with E-state index in [0.29, 0.717) is 18.7 Å². The van der Waals surface area contributed by atoms with Crippen molar-refractivity contribution in [3.8, 4) is 22.9 Å². The van der Waals surface area contributed by atoms with Gasteiger partial charge < -0.3 is 19.4 Å². The molecule has 4 aromatic rings. The first-order valence-electron chi connectivity index (χ1n) is 10.3. The van der Waals surface area contributed by atoms with Crippen LogP contribution >= 0.6 is 0 Å². The molecule has 2 aromatic heterocycles. The summed E-state index contributed by atoms with van der Waals surface area (Å²) in [7, 11) is 3.30. The molecular weight excluding hydrogens is 392 g/mol. The van der Waals surface area contributed by atoms with Gasteiger partial charge in [-0.2, -0.15) is 5.10 Å². The van der Waals surface area contributed by atoms with Crippen LogP contribution in [0.1, 0.15) is 18.9 Å². The van der Waals surface area contributed by atoms with E-state index in [2.05, 4.69) is 39.1 Å². The molecule has 31 heavy (non-hydrogen) atoms. The van der Waals surface area contributed by atoms with Crippen LogP contribution in [0.15, 0.2) is 54.6 Å². The van der Waals surface area contributed by atoms with E-state index in [9.17, 15) is 4.79 Å². The number of hydrogen-bond donors (Lipinski definition) is 2. The Labute approximate surface area is 181 Å². The fourth-order valence-electron chi connectivity index (χ4n) is 3.71. The summed E-state index contributed by atoms with van der Waals surface area (Å²) in [5.41, 5.74) is 4.07. The maximum atomic E-state index is 12.4. The highest BCUT2D eigenvalue weighted by molar-refractivity contribution is 5.91. The van der Waals surface area contributed by atoms with E-state index in [1.54, 1.807) is 14.2 Å². The van der Waals surface area contributed by atoms with Gasteiger partial charge in [0.25, 0.3) is 0 Å². The zero-order chi connectivity index (χ0) is 21.8. The number of carbonyl (C=O) groups is 1. The number of ether oxygens (including phenoxy) is 2. The maximum Gasteiger partial charge on any atom is 0.225 e. The van der Waals surface area contributed by atoms with Crippen LogP contribution in [-0.4, -0.2) is 34.9 Å². The number of hydrogen-bond acceptors (Lipinski definition) is 4. The lowest BCUT2D eigenvalue weighted by Gasteiger charge is -2.06. The van der Waals surface area contributed by atoms with Crippen LogP contribution in [-0.2, 0) is 17.8 Å². The topological polar surface area (TPSA) is 81.2 Å². The second kappa shape index (κ2) is 8.95. The van der Waals surface area contributed by atoms with Crippen LogP contribution in [0.3, 0.4) is 0 Å². The van der Waals surface area contributed by atoms with Gasteiger partial charge in [-0.05, 0) is 55.3 Å². The molecular formula is C24H26N4O3. The number of aromatic amines is 1. The Morgan fingerprint density at radius 3 is 2.48 bits per heavy atom. The molecule has 0 unspecified atom stereocenters. The van der Waals surface area contributed by atoms with E-state index in [0.717, 1.165) is 45.9 Å². The zero-order valence-corrected chi connectivity index (χ0v) is 17.9. The van der Waals surface area contributed by atoms with Gasteiger partial charge >= 0.3 is 0 Å². The lowest BCUT2D eigenvalue weighted by atomic mass is 10.1. The lowest BCUT2D eigenvalue weighted by Crippen LogP contribution is -2.12. The standard InChI is InChI=1S/C24H26N4O3/c1-4-28-21-11-10-19(31-3)13-17(21)14-22(28)20-15-23(27-26-20)25-24(29)12-7-16-5-8-18(30-2)9-6-16/h5-6,8-11,13-15H,4,7,12H2,1-3H3,(H2,25,26,27,29). The summed E-state index contributed by atoms with van der Waals surface area (Å²) in [6.45, 7) is 2.92. The van der Waals surface area contributed by atoms with Crippen molar-refractivity contribution in [1.29, 1.82) is 0 Å². The quantitative estimate of drug-likeness (QED) is 0.437. The Morgan fingerprint density at radius 1 is 1.03 bits per heavy atom. The monoisotopic (exact) mass is 418 g/mol. The normalized spacial score (nSPS) is 10.9. The van der Waals surface area contributed by atoms with E-state index in [1.807, 2.05) is 42.5 Å². The van der Waals surface area contributed by atoms with Crippen LogP contribution in [0.2, 0.25) is 0 Å². The van der Waals surface area contributed by atoms with Crippen molar-refractivity contribution in [3.63, 3.8) is 0 Å². The molecule has 7 nitrogen and oxygen atoms in total. The number of fused-ring (bicyclic) bond motifs is 1. The molecule has 0 saturated carbocycles. The van der Waals surface area contributed by atoms with Gasteiger partial charge in [0.15, 0.2) is 5.82 Å². The minimum Gasteiger partial charge on any atom is -0.497 e. The SMILES string of the molecule is CCn1c(-c2cc(NC(=O)CCc3ccc(OC)cc3)n[nH]2)cc2cc(OC)ccc21. The van der Waals surface area contributed by atoms with Crippen molar-refractivity contribution in [2.75, 3.05) is 19.5 Å². The van der Waals surface area contributed by atoms with Gasteiger partial charge in [-0.1, -0.05) is 12.1 Å². The number of aryl methyl sites for hydroxylation is 2. The average molecular weight is 418 g/mol. The molecule has 0 fully saturated rings. The number of rotatable bonds is 8. The molecule has 0 radical (unpaired) electrons. The number of methoxy groups -OCH3 is 2. The minimum atomic E-state index is -0.0744. The molecule has 160 valence electrons. The first-order chi connectivity index (χ1) is 15.1. The average Bonchev–Trinajstić information content (AvgIpc) is 3.41. The Morgan fingerprint density at radius 2 is 1.77 bits per heavy atom. The van der Waals surface area contributed by atoms with Crippen LogP contribution < -0.4 is 14.8 Å². The summed E-state index contributed by atoms with van der Waals surface area (Å²) in [5, 5.41) is 11.3. The third kappa shape index (κ3) is 4.40. The van der Waals surface area contributed by atoms with Gasteiger partial charge in [-0.3, -0.25) is 9.89 Å². The second-order valence-electron chi connectivity index (χ2n) is 7.26. The Hall–Kier alpha value is -3.74. The van der Waals surface area contributed by atoms with Gasteiger partial charge in [0.05, 0.1) is 25.6 Å². The summed E-state index contributed by atoms with van der Waals surface area (Å²) >= 11 is 0. The highest BCUT2D eigenvalue weighted by Crippen LogP contribution is 2.30. The zero-order valence-electron chi connectivity index (χ0n) is 17.9. The fraction of sp³-hybridized carbons (Fsp3) is 0.250. The number of benzene rings is 2. The number of H-pyrrole nitrogens is 1. The van der Waals surface area contributed by atoms with E-state index < -0.39 is 0 Å². The van der Waals surface area contributed by atoms with Gasteiger partial charge in [0.1, 0.15) is 11.5 Å². The number of aromatic nitrogens is 3. The van der Waals surface area contributed by atoms with Crippen LogP contribution in [0, 0.1) is 0 Å². The molecule has 7 heteroatoms. The van der Waals surface area contributed by atoms with Gasteiger partial charge in [-0.15, -0.1) is 0 Å². The summed E-state index contributed by atoms with van der Waals surface area (Å²) in [6, 6.07) is 17.7. The van der Waals surface area contributed by atoms with Gasteiger partial charge in [0, 0.05) is 29.9 Å². The molecule has 2 aromatic carbocycles. The molecule has 4 rings (SSSR count). The summed E-state index contributed by atoms with van der Waals surface area (Å²) in [4.78, 5) is 12.4. The highest BCUT2D eigenvalue weighted by atomic mass is 16.5. The van der Waals surface area contributed by atoms with Crippen molar-refractivity contribution in [1.82, 2.24) is 14.8 Å². The fourth-order valence-corrected chi connectivity index (χ4v) is 3.71. The minimum absolute atomic E-state index is 0.0744. The van der Waals surface area contributed by atoms with Crippen molar-refractivity contribution >= 4 is 22.6 Å². The Kier molecular flexibility index (Phi) is 5.93. The third-order valence-corrected chi connectivity index (χ3v) is 5.35. The molecule has 0 spiro atoms. The second-order valence-corrected chi connectivity index (χ2v) is 7.26. The molecule has 2 heterocycles. The predicted octanol–water partition coefficient (Wildman–Crippen LogP) is 4.64. The molecule has 0 bridgehead atoms. The van der Waals surface area contributed by atoms with Crippen molar-refractivity contribution in [3.05, 3.63) is 60.2 Å². The van der Waals surface area contributed by atoms with Gasteiger partial charge in [0.2, 0.25) is 5.91 Å². The molecule has 2 N–H and O–H groups in total. The number of nitrogens with zero attached hydrogens (tertiary/aromatic N) is 2. The molecule has 1 amide bonds. The number of carbonyl (C=O) groups excluding carboxylic acids is 1. The van der Waals surface area contributed by atoms with Crippen molar-refractivity contribution in [2.24, 2.45) is 0 Å². The lowest BCUT2D eigenvalue weighted by molar-refractivity contribution is -0.116.